The third-order valence-corrected chi connectivity index (χ3v) is 4.71. The first-order chi connectivity index (χ1) is 9.34. The average Bonchev–Trinajstić information content (AvgIpc) is 2.69. The van der Waals surface area contributed by atoms with Crippen molar-refractivity contribution in [1.82, 2.24) is 4.98 Å². The third-order valence-electron chi connectivity index (χ3n) is 3.52. The number of nitrogens with zero attached hydrogens (tertiary/aromatic N) is 1. The first-order valence-corrected chi connectivity index (χ1v) is 7.46. The summed E-state index contributed by atoms with van der Waals surface area (Å²) in [5.41, 5.74) is 2.45. The van der Waals surface area contributed by atoms with Gasteiger partial charge in [0.2, 0.25) is 0 Å². The fourth-order valence-corrected chi connectivity index (χ4v) is 3.71. The van der Waals surface area contributed by atoms with Crippen LogP contribution in [0.3, 0.4) is 0 Å². The number of carbonyl (C=O) groups excluding carboxylic acids is 1. The molecule has 0 fully saturated rings. The van der Waals surface area contributed by atoms with Crippen LogP contribution in [0, 0.1) is 18.2 Å². The lowest BCUT2D eigenvalue weighted by Crippen LogP contribution is -2.25. The second-order valence-electron chi connectivity index (χ2n) is 6.25. The Morgan fingerprint density at radius 2 is 2.00 bits per heavy atom. The van der Waals surface area contributed by atoms with E-state index in [1.54, 1.807) is 0 Å². The number of hydrogen-bond acceptors (Lipinski definition) is 3. The Morgan fingerprint density at radius 3 is 2.70 bits per heavy atom. The number of aromatic nitrogens is 1. The number of rotatable bonds is 1. The zero-order valence-electron chi connectivity index (χ0n) is 11.8. The van der Waals surface area contributed by atoms with Gasteiger partial charge in [0.15, 0.2) is 5.78 Å². The molecule has 0 spiro atoms. The van der Waals surface area contributed by atoms with Gasteiger partial charge in [-0.1, -0.05) is 13.8 Å². The Kier molecular flexibility index (Phi) is 3.01. The zero-order valence-corrected chi connectivity index (χ0v) is 12.6. The molecule has 4 heteroatoms. The van der Waals surface area contributed by atoms with Crippen molar-refractivity contribution in [2.75, 3.05) is 0 Å². The Morgan fingerprint density at radius 1 is 1.25 bits per heavy atom. The minimum Gasteiger partial charge on any atom is -0.293 e. The number of ketones is 1. The molecule has 3 rings (SSSR count). The van der Waals surface area contributed by atoms with Crippen molar-refractivity contribution in [2.45, 2.75) is 33.6 Å². The predicted molar refractivity (Wildman–Crippen MR) is 78.7 cm³/mol. The first-order valence-electron chi connectivity index (χ1n) is 6.64. The Bertz CT molecular complexity index is 682. The molecule has 0 amide bonds. The monoisotopic (exact) mass is 289 g/mol. The van der Waals surface area contributed by atoms with Crippen LogP contribution in [-0.2, 0) is 6.42 Å². The largest absolute Gasteiger partial charge is 0.293 e. The van der Waals surface area contributed by atoms with E-state index in [0.29, 0.717) is 6.42 Å². The fourth-order valence-electron chi connectivity index (χ4n) is 2.70. The van der Waals surface area contributed by atoms with Crippen molar-refractivity contribution in [3.63, 3.8) is 0 Å². The summed E-state index contributed by atoms with van der Waals surface area (Å²) in [6.45, 7) is 6.02. The molecule has 104 valence electrons. The van der Waals surface area contributed by atoms with Crippen LogP contribution in [0.5, 0.6) is 0 Å². The van der Waals surface area contributed by atoms with E-state index in [1.807, 2.05) is 13.0 Å². The average molecular weight is 289 g/mol. The molecule has 0 aliphatic heterocycles. The Hall–Kier alpha value is -1.55. The number of carbonyl (C=O) groups is 1. The van der Waals surface area contributed by atoms with Gasteiger partial charge in [-0.2, -0.15) is 0 Å². The fraction of sp³-hybridized carbons (Fsp3) is 0.375. The van der Waals surface area contributed by atoms with Crippen molar-refractivity contribution in [1.29, 1.82) is 0 Å². The van der Waals surface area contributed by atoms with E-state index >= 15 is 0 Å². The molecular formula is C16H16FNOS. The van der Waals surface area contributed by atoms with Gasteiger partial charge in [0, 0.05) is 12.0 Å². The summed E-state index contributed by atoms with van der Waals surface area (Å²) < 4.78 is 13.5. The van der Waals surface area contributed by atoms with Crippen LogP contribution < -0.4 is 0 Å². The van der Waals surface area contributed by atoms with Crippen LogP contribution in [0.15, 0.2) is 18.2 Å². The van der Waals surface area contributed by atoms with E-state index in [1.165, 1.54) is 23.5 Å². The lowest BCUT2D eigenvalue weighted by atomic mass is 9.78. The van der Waals surface area contributed by atoms with E-state index in [0.717, 1.165) is 33.1 Å². The van der Waals surface area contributed by atoms with Gasteiger partial charge < -0.3 is 0 Å². The quantitative estimate of drug-likeness (QED) is 0.778. The highest BCUT2D eigenvalue weighted by Gasteiger charge is 2.33. The van der Waals surface area contributed by atoms with Gasteiger partial charge in [-0.25, -0.2) is 9.37 Å². The molecule has 1 aromatic carbocycles. The lowest BCUT2D eigenvalue weighted by molar-refractivity contribution is 0.0916. The van der Waals surface area contributed by atoms with Crippen molar-refractivity contribution in [3.8, 4) is 10.6 Å². The molecular weight excluding hydrogens is 273 g/mol. The molecule has 0 bridgehead atoms. The summed E-state index contributed by atoms with van der Waals surface area (Å²) in [7, 11) is 0. The van der Waals surface area contributed by atoms with Gasteiger partial charge in [0.1, 0.15) is 10.8 Å². The van der Waals surface area contributed by atoms with Crippen LogP contribution in [-0.4, -0.2) is 10.8 Å². The molecule has 0 saturated carbocycles. The highest BCUT2D eigenvalue weighted by atomic mass is 32.1. The Balaban J connectivity index is 2.08. The first kappa shape index (κ1) is 13.4. The van der Waals surface area contributed by atoms with Crippen molar-refractivity contribution in [3.05, 3.63) is 40.2 Å². The SMILES string of the molecule is Cc1cc(F)cc(-c2nc3c(s2)C(=O)CC(C)(C)C3)c1. The maximum Gasteiger partial charge on any atom is 0.175 e. The summed E-state index contributed by atoms with van der Waals surface area (Å²) >= 11 is 1.39. The normalized spacial score (nSPS) is 17.1. The summed E-state index contributed by atoms with van der Waals surface area (Å²) in [5, 5.41) is 0.739. The predicted octanol–water partition coefficient (Wildman–Crippen LogP) is 4.41. The van der Waals surface area contributed by atoms with E-state index in [2.05, 4.69) is 18.8 Å². The standard InChI is InChI=1S/C16H16FNOS/c1-9-4-10(6-11(17)5-9)15-18-12-7-16(2,3)8-13(19)14(12)20-15/h4-6H,7-8H2,1-3H3. The highest BCUT2D eigenvalue weighted by Crippen LogP contribution is 2.39. The van der Waals surface area contributed by atoms with E-state index in [-0.39, 0.29) is 17.0 Å². The number of aryl methyl sites for hydroxylation is 1. The van der Waals surface area contributed by atoms with Gasteiger partial charge >= 0.3 is 0 Å². The smallest absolute Gasteiger partial charge is 0.175 e. The van der Waals surface area contributed by atoms with Crippen LogP contribution in [0.4, 0.5) is 4.39 Å². The van der Waals surface area contributed by atoms with Crippen LogP contribution in [0.25, 0.3) is 10.6 Å². The molecule has 1 aliphatic rings. The minimum atomic E-state index is -0.264. The Labute approximate surface area is 121 Å². The number of benzene rings is 1. The van der Waals surface area contributed by atoms with Gasteiger partial charge in [-0.3, -0.25) is 4.79 Å². The zero-order chi connectivity index (χ0) is 14.5. The second kappa shape index (κ2) is 4.48. The molecule has 1 heterocycles. The van der Waals surface area contributed by atoms with Crippen molar-refractivity contribution >= 4 is 17.1 Å². The van der Waals surface area contributed by atoms with Crippen molar-refractivity contribution in [2.24, 2.45) is 5.41 Å². The molecule has 0 unspecified atom stereocenters. The van der Waals surface area contributed by atoms with E-state index in [9.17, 15) is 9.18 Å². The van der Waals surface area contributed by atoms with Crippen LogP contribution in [0.2, 0.25) is 0 Å². The van der Waals surface area contributed by atoms with Gasteiger partial charge in [0.05, 0.1) is 10.6 Å². The molecule has 0 saturated heterocycles. The maximum atomic E-state index is 13.5. The summed E-state index contributed by atoms with van der Waals surface area (Å²) in [5.74, 6) is -0.104. The summed E-state index contributed by atoms with van der Waals surface area (Å²) in [6.07, 6.45) is 1.36. The third kappa shape index (κ3) is 2.40. The van der Waals surface area contributed by atoms with Gasteiger partial charge in [0.25, 0.3) is 0 Å². The van der Waals surface area contributed by atoms with Crippen LogP contribution in [0.1, 0.15) is 41.2 Å². The highest BCUT2D eigenvalue weighted by molar-refractivity contribution is 7.17. The number of hydrogen-bond donors (Lipinski definition) is 0. The number of fused-ring (bicyclic) bond motifs is 1. The lowest BCUT2D eigenvalue weighted by Gasteiger charge is -2.26. The van der Waals surface area contributed by atoms with Gasteiger partial charge in [-0.15, -0.1) is 11.3 Å². The van der Waals surface area contributed by atoms with Gasteiger partial charge in [-0.05, 0) is 42.5 Å². The molecule has 2 nitrogen and oxygen atoms in total. The van der Waals surface area contributed by atoms with E-state index < -0.39 is 0 Å². The maximum absolute atomic E-state index is 13.5. The molecule has 1 aromatic heterocycles. The number of thiazole rings is 1. The molecule has 20 heavy (non-hydrogen) atoms. The van der Waals surface area contributed by atoms with Crippen molar-refractivity contribution < 1.29 is 9.18 Å². The topological polar surface area (TPSA) is 30.0 Å². The molecule has 0 N–H and O–H groups in total. The molecule has 0 radical (unpaired) electrons. The minimum absolute atomic E-state index is 0.0344. The molecule has 1 aliphatic carbocycles. The molecule has 2 aromatic rings. The summed E-state index contributed by atoms with van der Waals surface area (Å²) in [4.78, 5) is 17.5. The second-order valence-corrected chi connectivity index (χ2v) is 7.25. The number of Topliss-reactive ketones (excluding diaryl/α,β-unsaturated/α-hetero) is 1. The van der Waals surface area contributed by atoms with Crippen LogP contribution >= 0.6 is 11.3 Å². The number of halogens is 1. The summed E-state index contributed by atoms with van der Waals surface area (Å²) in [6, 6.07) is 4.88. The van der Waals surface area contributed by atoms with E-state index in [4.69, 9.17) is 0 Å². The molecule has 0 atom stereocenters.